The van der Waals surface area contributed by atoms with Gasteiger partial charge in [0.1, 0.15) is 11.6 Å². The highest BCUT2D eigenvalue weighted by atomic mass is 19.3. The molecule has 4 aromatic rings. The second kappa shape index (κ2) is 11.7. The second-order valence-corrected chi connectivity index (χ2v) is 9.02. The van der Waals surface area contributed by atoms with Gasteiger partial charge in [0.25, 0.3) is 0 Å². The second-order valence-electron chi connectivity index (χ2n) is 9.02. The van der Waals surface area contributed by atoms with Crippen molar-refractivity contribution in [2.45, 2.75) is 52.1 Å². The van der Waals surface area contributed by atoms with Gasteiger partial charge in [-0.25, -0.2) is 17.6 Å². The maximum Gasteiger partial charge on any atom is 0.387 e. The molecular weight excluding hydrogens is 490 g/mol. The topological polar surface area (TPSA) is 9.23 Å². The number of halogens is 6. The third kappa shape index (κ3) is 6.27. The number of ether oxygens (including phenoxy) is 1. The fraction of sp³-hybridized carbons (Fsp3) is 0.267. The van der Waals surface area contributed by atoms with Gasteiger partial charge in [-0.3, -0.25) is 0 Å². The van der Waals surface area contributed by atoms with Gasteiger partial charge in [-0.05, 0) is 76.2 Å². The monoisotopic (exact) mass is 516 g/mol. The SMILES string of the molecule is CCCCCCCc1ccc2cc(-c3cc(F)c(-c4cc(F)c(OC(F)F)c(F)c4)c(F)c3)ccc2c1. The predicted octanol–water partition coefficient (Wildman–Crippen LogP) is 9.84. The lowest BCUT2D eigenvalue weighted by atomic mass is 9.96. The van der Waals surface area contributed by atoms with Crippen LogP contribution >= 0.6 is 0 Å². The first-order chi connectivity index (χ1) is 17.8. The van der Waals surface area contributed by atoms with E-state index in [-0.39, 0.29) is 5.56 Å². The number of hydrogen-bond donors (Lipinski definition) is 0. The highest BCUT2D eigenvalue weighted by molar-refractivity contribution is 5.88. The van der Waals surface area contributed by atoms with Crippen LogP contribution in [0.3, 0.4) is 0 Å². The van der Waals surface area contributed by atoms with Crippen LogP contribution in [0.2, 0.25) is 0 Å². The van der Waals surface area contributed by atoms with Crippen molar-refractivity contribution in [2.24, 2.45) is 0 Å². The molecule has 0 fully saturated rings. The molecule has 0 aliphatic carbocycles. The molecule has 0 unspecified atom stereocenters. The van der Waals surface area contributed by atoms with Crippen molar-refractivity contribution in [1.82, 2.24) is 0 Å². The normalized spacial score (nSPS) is 11.5. The summed E-state index contributed by atoms with van der Waals surface area (Å²) in [5, 5.41) is 1.93. The summed E-state index contributed by atoms with van der Waals surface area (Å²) in [5.74, 6) is -6.39. The summed E-state index contributed by atoms with van der Waals surface area (Å²) in [6.07, 6.45) is 7.02. The van der Waals surface area contributed by atoms with Crippen molar-refractivity contribution >= 4 is 10.8 Å². The van der Waals surface area contributed by atoms with E-state index in [1.807, 2.05) is 18.2 Å². The molecular formula is C30H26F6O. The van der Waals surface area contributed by atoms with E-state index in [9.17, 15) is 26.3 Å². The van der Waals surface area contributed by atoms with Gasteiger partial charge in [-0.1, -0.05) is 62.9 Å². The molecule has 0 radical (unpaired) electrons. The third-order valence-electron chi connectivity index (χ3n) is 6.34. The minimum Gasteiger partial charge on any atom is -0.429 e. The van der Waals surface area contributed by atoms with Crippen molar-refractivity contribution < 1.29 is 31.1 Å². The van der Waals surface area contributed by atoms with Crippen LogP contribution in [-0.4, -0.2) is 6.61 Å². The van der Waals surface area contributed by atoms with Crippen molar-refractivity contribution in [2.75, 3.05) is 0 Å². The number of aryl methyl sites for hydroxylation is 1. The Bertz CT molecular complexity index is 1350. The van der Waals surface area contributed by atoms with Crippen molar-refractivity contribution in [3.05, 3.63) is 89.5 Å². The molecule has 0 aliphatic heterocycles. The van der Waals surface area contributed by atoms with Crippen LogP contribution in [0.4, 0.5) is 26.3 Å². The lowest BCUT2D eigenvalue weighted by Gasteiger charge is -2.12. The number of unbranched alkanes of at least 4 members (excludes halogenated alkanes) is 4. The van der Waals surface area contributed by atoms with E-state index in [2.05, 4.69) is 23.8 Å². The van der Waals surface area contributed by atoms with Crippen LogP contribution in [0.1, 0.15) is 44.6 Å². The van der Waals surface area contributed by atoms with Crippen LogP contribution in [0.5, 0.6) is 5.75 Å². The Labute approximate surface area is 211 Å². The maximum atomic E-state index is 15.0. The predicted molar refractivity (Wildman–Crippen MR) is 134 cm³/mol. The van der Waals surface area contributed by atoms with Gasteiger partial charge in [0.05, 0.1) is 5.56 Å². The maximum absolute atomic E-state index is 15.0. The lowest BCUT2D eigenvalue weighted by molar-refractivity contribution is -0.0546. The van der Waals surface area contributed by atoms with Gasteiger partial charge in [0.2, 0.25) is 0 Å². The zero-order valence-electron chi connectivity index (χ0n) is 20.3. The minimum absolute atomic E-state index is 0.249. The summed E-state index contributed by atoms with van der Waals surface area (Å²) in [6.45, 7) is -1.27. The molecule has 0 atom stereocenters. The Hall–Kier alpha value is -3.48. The molecule has 0 aliphatic rings. The highest BCUT2D eigenvalue weighted by Crippen LogP contribution is 2.35. The number of fused-ring (bicyclic) bond motifs is 1. The van der Waals surface area contributed by atoms with Crippen LogP contribution < -0.4 is 4.74 Å². The van der Waals surface area contributed by atoms with Gasteiger partial charge in [-0.2, -0.15) is 8.78 Å². The first-order valence-electron chi connectivity index (χ1n) is 12.2. The summed E-state index contributed by atoms with van der Waals surface area (Å²) < 4.78 is 86.7. The molecule has 0 saturated heterocycles. The van der Waals surface area contributed by atoms with E-state index in [4.69, 9.17) is 0 Å². The average molecular weight is 517 g/mol. The van der Waals surface area contributed by atoms with E-state index in [1.165, 1.54) is 31.2 Å². The van der Waals surface area contributed by atoms with Gasteiger partial charge in [0.15, 0.2) is 17.4 Å². The summed E-state index contributed by atoms with van der Waals surface area (Å²) in [4.78, 5) is 0. The van der Waals surface area contributed by atoms with E-state index >= 15 is 0 Å². The number of rotatable bonds is 10. The van der Waals surface area contributed by atoms with Crippen LogP contribution in [-0.2, 0) is 6.42 Å². The fourth-order valence-corrected chi connectivity index (χ4v) is 4.48. The Morgan fingerprint density at radius 2 is 1.22 bits per heavy atom. The third-order valence-corrected chi connectivity index (χ3v) is 6.34. The van der Waals surface area contributed by atoms with Gasteiger partial charge in [-0.15, -0.1) is 0 Å². The number of hydrogen-bond acceptors (Lipinski definition) is 1. The lowest BCUT2D eigenvalue weighted by Crippen LogP contribution is -2.06. The fourth-order valence-electron chi connectivity index (χ4n) is 4.48. The molecule has 0 amide bonds. The Balaban J connectivity index is 1.59. The molecule has 0 N–H and O–H groups in total. The molecule has 194 valence electrons. The van der Waals surface area contributed by atoms with E-state index in [0.29, 0.717) is 17.7 Å². The van der Waals surface area contributed by atoms with E-state index in [0.717, 1.165) is 35.7 Å². The molecule has 4 rings (SSSR count). The molecule has 7 heteroatoms. The Morgan fingerprint density at radius 1 is 0.622 bits per heavy atom. The molecule has 37 heavy (non-hydrogen) atoms. The first-order valence-corrected chi connectivity index (χ1v) is 12.2. The summed E-state index contributed by atoms with van der Waals surface area (Å²) in [6, 6.07) is 14.9. The van der Waals surface area contributed by atoms with Gasteiger partial charge in [0, 0.05) is 0 Å². The molecule has 0 aromatic heterocycles. The summed E-state index contributed by atoms with van der Waals surface area (Å²) in [7, 11) is 0. The first kappa shape index (κ1) is 26.6. The smallest absolute Gasteiger partial charge is 0.387 e. The zero-order chi connectivity index (χ0) is 26.5. The van der Waals surface area contributed by atoms with E-state index < -0.39 is 46.8 Å². The van der Waals surface area contributed by atoms with Gasteiger partial charge < -0.3 is 4.74 Å². The van der Waals surface area contributed by atoms with Gasteiger partial charge >= 0.3 is 6.61 Å². The Morgan fingerprint density at radius 3 is 1.86 bits per heavy atom. The molecule has 1 nitrogen and oxygen atoms in total. The number of benzene rings is 4. The molecule has 0 bridgehead atoms. The van der Waals surface area contributed by atoms with Crippen LogP contribution in [0.25, 0.3) is 33.0 Å². The highest BCUT2D eigenvalue weighted by Gasteiger charge is 2.21. The molecule has 0 heterocycles. The standard InChI is InChI=1S/C30H26F6O/c1-2-3-4-5-6-7-18-8-9-20-13-21(11-10-19(20)12-18)22-14-24(31)28(25(32)15-22)23-16-26(33)29(27(34)17-23)37-30(35)36/h8-17,30H,2-7H2,1H3. The number of alkyl halides is 2. The Kier molecular flexibility index (Phi) is 8.41. The molecule has 0 saturated carbocycles. The largest absolute Gasteiger partial charge is 0.429 e. The van der Waals surface area contributed by atoms with Crippen molar-refractivity contribution in [3.63, 3.8) is 0 Å². The zero-order valence-corrected chi connectivity index (χ0v) is 20.3. The van der Waals surface area contributed by atoms with Crippen molar-refractivity contribution in [1.29, 1.82) is 0 Å². The van der Waals surface area contributed by atoms with Crippen molar-refractivity contribution in [3.8, 4) is 28.0 Å². The quantitative estimate of drug-likeness (QED) is 0.151. The van der Waals surface area contributed by atoms with E-state index in [1.54, 1.807) is 6.07 Å². The van der Waals surface area contributed by atoms with Crippen LogP contribution in [0, 0.1) is 23.3 Å². The minimum atomic E-state index is -3.45. The summed E-state index contributed by atoms with van der Waals surface area (Å²) in [5.41, 5.74) is 0.914. The molecule has 0 spiro atoms. The van der Waals surface area contributed by atoms with Crippen LogP contribution in [0.15, 0.2) is 60.7 Å². The average Bonchev–Trinajstić information content (AvgIpc) is 2.85. The summed E-state index contributed by atoms with van der Waals surface area (Å²) >= 11 is 0. The molecule has 4 aromatic carbocycles.